The topological polar surface area (TPSA) is 38.3 Å². The quantitative estimate of drug-likeness (QED) is 0.486. The average molecular weight is 329 g/mol. The molecular formula is C21H31NO2. The molecule has 1 aromatic carbocycles. The molecule has 2 rings (SSSR count). The summed E-state index contributed by atoms with van der Waals surface area (Å²) < 4.78 is 5.30. The van der Waals surface area contributed by atoms with E-state index in [0.29, 0.717) is 5.92 Å². The summed E-state index contributed by atoms with van der Waals surface area (Å²) in [6.45, 7) is 2.36. The zero-order valence-electron chi connectivity index (χ0n) is 14.7. The summed E-state index contributed by atoms with van der Waals surface area (Å²) in [5, 5.41) is 2.95. The Morgan fingerprint density at radius 1 is 1.12 bits per heavy atom. The van der Waals surface area contributed by atoms with Gasteiger partial charge in [-0.25, -0.2) is 0 Å². The van der Waals surface area contributed by atoms with Gasteiger partial charge in [0.15, 0.2) is 0 Å². The molecule has 3 heteroatoms. The van der Waals surface area contributed by atoms with Crippen LogP contribution in [0.5, 0.6) is 0 Å². The lowest BCUT2D eigenvalue weighted by atomic mass is 10.0. The molecule has 1 heterocycles. The van der Waals surface area contributed by atoms with Crippen LogP contribution in [0.4, 0.5) is 0 Å². The van der Waals surface area contributed by atoms with Gasteiger partial charge >= 0.3 is 0 Å². The normalized spacial score (nSPS) is 17.4. The monoisotopic (exact) mass is 329 g/mol. The number of carbonyl (C=O) groups excluding carboxylic acids is 1. The Kier molecular flexibility index (Phi) is 9.25. The van der Waals surface area contributed by atoms with Crippen LogP contribution in [-0.4, -0.2) is 25.7 Å². The van der Waals surface area contributed by atoms with E-state index in [0.717, 1.165) is 32.6 Å². The van der Waals surface area contributed by atoms with Crippen LogP contribution in [0.2, 0.25) is 0 Å². The number of carbonyl (C=O) groups is 1. The SMILES string of the molecule is O=C(/C=C/CCCCCCCc1ccccc1)NCC1CCOC1. The van der Waals surface area contributed by atoms with E-state index < -0.39 is 0 Å². The van der Waals surface area contributed by atoms with Crippen molar-refractivity contribution in [3.8, 4) is 0 Å². The molecule has 132 valence electrons. The highest BCUT2D eigenvalue weighted by Crippen LogP contribution is 2.11. The summed E-state index contributed by atoms with van der Waals surface area (Å²) in [6, 6.07) is 10.7. The van der Waals surface area contributed by atoms with E-state index in [1.807, 2.05) is 6.08 Å². The first-order valence-corrected chi connectivity index (χ1v) is 9.40. The van der Waals surface area contributed by atoms with Gasteiger partial charge in [-0.3, -0.25) is 4.79 Å². The molecular weight excluding hydrogens is 298 g/mol. The third-order valence-corrected chi connectivity index (χ3v) is 4.54. The number of nitrogens with one attached hydrogen (secondary N) is 1. The fourth-order valence-corrected chi connectivity index (χ4v) is 3.00. The highest BCUT2D eigenvalue weighted by atomic mass is 16.5. The molecule has 0 radical (unpaired) electrons. The lowest BCUT2D eigenvalue weighted by molar-refractivity contribution is -0.116. The molecule has 0 bridgehead atoms. The van der Waals surface area contributed by atoms with Crippen LogP contribution in [0.1, 0.15) is 50.5 Å². The minimum Gasteiger partial charge on any atom is -0.381 e. The van der Waals surface area contributed by atoms with Crippen molar-refractivity contribution < 1.29 is 9.53 Å². The number of benzene rings is 1. The molecule has 1 atom stereocenters. The lowest BCUT2D eigenvalue weighted by Gasteiger charge is -2.07. The van der Waals surface area contributed by atoms with Gasteiger partial charge in [-0.05, 0) is 43.7 Å². The molecule has 1 amide bonds. The molecule has 1 saturated heterocycles. The summed E-state index contributed by atoms with van der Waals surface area (Å²) in [6.07, 6.45) is 13.2. The molecule has 1 fully saturated rings. The Morgan fingerprint density at radius 3 is 2.71 bits per heavy atom. The fraction of sp³-hybridized carbons (Fsp3) is 0.571. The van der Waals surface area contributed by atoms with Gasteiger partial charge in [0.05, 0.1) is 6.61 Å². The third kappa shape index (κ3) is 8.30. The van der Waals surface area contributed by atoms with E-state index in [1.54, 1.807) is 6.08 Å². The zero-order valence-corrected chi connectivity index (χ0v) is 14.7. The first-order chi connectivity index (χ1) is 11.8. The van der Waals surface area contributed by atoms with Gasteiger partial charge < -0.3 is 10.1 Å². The molecule has 3 nitrogen and oxygen atoms in total. The fourth-order valence-electron chi connectivity index (χ4n) is 3.00. The second-order valence-electron chi connectivity index (χ2n) is 6.67. The minimum atomic E-state index is 0.0322. The Morgan fingerprint density at radius 2 is 1.92 bits per heavy atom. The van der Waals surface area contributed by atoms with E-state index in [1.165, 1.54) is 44.1 Å². The van der Waals surface area contributed by atoms with Crippen molar-refractivity contribution in [1.82, 2.24) is 5.32 Å². The Labute approximate surface area is 146 Å². The maximum Gasteiger partial charge on any atom is 0.243 e. The van der Waals surface area contributed by atoms with Crippen LogP contribution < -0.4 is 5.32 Å². The summed E-state index contributed by atoms with van der Waals surface area (Å²) in [7, 11) is 0. The highest BCUT2D eigenvalue weighted by Gasteiger charge is 2.15. The minimum absolute atomic E-state index is 0.0322. The number of rotatable bonds is 11. The molecule has 24 heavy (non-hydrogen) atoms. The van der Waals surface area contributed by atoms with E-state index in [4.69, 9.17) is 4.74 Å². The van der Waals surface area contributed by atoms with Crippen molar-refractivity contribution in [2.75, 3.05) is 19.8 Å². The Hall–Kier alpha value is -1.61. The lowest BCUT2D eigenvalue weighted by Crippen LogP contribution is -2.27. The smallest absolute Gasteiger partial charge is 0.243 e. The maximum absolute atomic E-state index is 11.7. The van der Waals surface area contributed by atoms with Gasteiger partial charge in [-0.15, -0.1) is 0 Å². The number of hydrogen-bond acceptors (Lipinski definition) is 2. The molecule has 1 aliphatic rings. The summed E-state index contributed by atoms with van der Waals surface area (Å²) in [5.41, 5.74) is 1.44. The van der Waals surface area contributed by atoms with Crippen LogP contribution >= 0.6 is 0 Å². The number of ether oxygens (including phenoxy) is 1. The Balaban J connectivity index is 1.39. The van der Waals surface area contributed by atoms with Crippen molar-refractivity contribution in [2.45, 2.75) is 51.4 Å². The second-order valence-corrected chi connectivity index (χ2v) is 6.67. The van der Waals surface area contributed by atoms with Gasteiger partial charge in [-0.2, -0.15) is 0 Å². The molecule has 0 saturated carbocycles. The van der Waals surface area contributed by atoms with Crippen LogP contribution in [0.25, 0.3) is 0 Å². The van der Waals surface area contributed by atoms with Gasteiger partial charge in [-0.1, -0.05) is 55.7 Å². The van der Waals surface area contributed by atoms with E-state index >= 15 is 0 Å². The van der Waals surface area contributed by atoms with Crippen molar-refractivity contribution >= 4 is 5.91 Å². The number of allylic oxidation sites excluding steroid dienone is 1. The molecule has 1 aliphatic heterocycles. The largest absolute Gasteiger partial charge is 0.381 e. The van der Waals surface area contributed by atoms with Crippen LogP contribution in [0.15, 0.2) is 42.5 Å². The summed E-state index contributed by atoms with van der Waals surface area (Å²) >= 11 is 0. The first-order valence-electron chi connectivity index (χ1n) is 9.40. The van der Waals surface area contributed by atoms with Gasteiger partial charge in [0.2, 0.25) is 5.91 Å². The van der Waals surface area contributed by atoms with Crippen LogP contribution in [-0.2, 0) is 16.0 Å². The number of amides is 1. The third-order valence-electron chi connectivity index (χ3n) is 4.54. The summed E-state index contributed by atoms with van der Waals surface area (Å²) in [4.78, 5) is 11.7. The first kappa shape index (κ1) is 18.7. The average Bonchev–Trinajstić information content (AvgIpc) is 3.13. The van der Waals surface area contributed by atoms with E-state index in [9.17, 15) is 4.79 Å². The molecule has 1 N–H and O–H groups in total. The maximum atomic E-state index is 11.7. The zero-order chi connectivity index (χ0) is 16.9. The molecule has 0 spiro atoms. The van der Waals surface area contributed by atoms with Gasteiger partial charge in [0.25, 0.3) is 0 Å². The van der Waals surface area contributed by atoms with Crippen molar-refractivity contribution in [3.05, 3.63) is 48.0 Å². The number of aryl methyl sites for hydroxylation is 1. The van der Waals surface area contributed by atoms with Gasteiger partial charge in [0.1, 0.15) is 0 Å². The highest BCUT2D eigenvalue weighted by molar-refractivity contribution is 5.87. The van der Waals surface area contributed by atoms with E-state index in [2.05, 4.69) is 35.6 Å². The van der Waals surface area contributed by atoms with Crippen LogP contribution in [0, 0.1) is 5.92 Å². The van der Waals surface area contributed by atoms with Crippen molar-refractivity contribution in [2.24, 2.45) is 5.92 Å². The summed E-state index contributed by atoms with van der Waals surface area (Å²) in [5.74, 6) is 0.531. The molecule has 1 aromatic rings. The molecule has 0 aromatic heterocycles. The van der Waals surface area contributed by atoms with Crippen molar-refractivity contribution in [3.63, 3.8) is 0 Å². The molecule has 1 unspecified atom stereocenters. The Bertz CT molecular complexity index is 478. The molecule has 0 aliphatic carbocycles. The standard InChI is InChI=1S/C21H31NO2/c23-21(22-17-20-15-16-24-18-20)14-10-5-3-1-2-4-7-11-19-12-8-6-9-13-19/h6,8-10,12-14,20H,1-5,7,11,15-18H2,(H,22,23)/b14-10+. The predicted molar refractivity (Wildman–Crippen MR) is 98.9 cm³/mol. The number of unbranched alkanes of at least 4 members (excludes halogenated alkanes) is 5. The van der Waals surface area contributed by atoms with Gasteiger partial charge in [0, 0.05) is 19.1 Å². The van der Waals surface area contributed by atoms with Crippen LogP contribution in [0.3, 0.4) is 0 Å². The predicted octanol–water partition coefficient (Wildman–Crippen LogP) is 4.28. The number of hydrogen-bond donors (Lipinski definition) is 1. The van der Waals surface area contributed by atoms with Crippen molar-refractivity contribution in [1.29, 1.82) is 0 Å². The second kappa shape index (κ2) is 11.9. The van der Waals surface area contributed by atoms with E-state index in [-0.39, 0.29) is 5.91 Å².